The Morgan fingerprint density at radius 3 is 0.391 bits per heavy atom. The van der Waals surface area contributed by atoms with Gasteiger partial charge in [-0.3, -0.25) is 0 Å². The first-order chi connectivity index (χ1) is 20.1. The maximum Gasteiger partial charge on any atom is 4.00 e. The summed E-state index contributed by atoms with van der Waals surface area (Å²) in [4.78, 5) is 75.8. The van der Waals surface area contributed by atoms with Gasteiger partial charge in [-0.1, -0.05) is 80.1 Å². The third kappa shape index (κ3) is 292. The molecule has 0 bridgehead atoms. The van der Waals surface area contributed by atoms with Crippen molar-refractivity contribution in [1.82, 2.24) is 0 Å². The zero-order valence-corrected chi connectivity index (χ0v) is 31.9. The zero-order valence-electron chi connectivity index (χ0n) is 29.4. The number of carboxylic acids is 6. The van der Waals surface area contributed by atoms with Crippen molar-refractivity contribution in [3.05, 3.63) is 0 Å². The van der Waals surface area contributed by atoms with Crippen LogP contribution in [-0.4, -0.2) is 47.4 Å². The van der Waals surface area contributed by atoms with Crippen LogP contribution < -0.4 is 30.6 Å². The number of carbonyl (C=O) groups excluding carboxylic acids is 8. The van der Waals surface area contributed by atoms with Crippen LogP contribution in [-0.2, 0) is 70.0 Å². The molecule has 0 aliphatic rings. The number of carbonyl (C=O) groups is 8. The molecule has 0 spiro atoms. The Hall–Kier alpha value is -3.00. The van der Waals surface area contributed by atoms with Gasteiger partial charge in [-0.2, -0.15) is 0 Å². The van der Waals surface area contributed by atoms with E-state index in [1.807, 2.05) is 0 Å². The second kappa shape index (κ2) is 64.8. The minimum Gasteiger partial charge on any atom is -0.873 e. The first kappa shape index (κ1) is 69.7. The normalized spacial score (nSPS) is 7.52. The number of rotatable bonds is 12. The molecule has 46 heavy (non-hydrogen) atoms. The van der Waals surface area contributed by atoms with E-state index in [1.165, 1.54) is 27.7 Å². The van der Waals surface area contributed by atoms with Gasteiger partial charge in [0.1, 0.15) is 11.6 Å². The van der Waals surface area contributed by atoms with Crippen molar-refractivity contribution in [3.63, 3.8) is 0 Å². The Morgan fingerprint density at radius 2 is 0.391 bits per heavy atom. The van der Waals surface area contributed by atoms with E-state index in [0.29, 0.717) is 38.5 Å². The molecule has 0 aromatic rings. The van der Waals surface area contributed by atoms with Crippen molar-refractivity contribution in [2.45, 2.75) is 146 Å². The van der Waals surface area contributed by atoms with Crippen LogP contribution in [0.15, 0.2) is 0 Å². The van der Waals surface area contributed by atoms with Gasteiger partial charge in [0.25, 0.3) is 0 Å². The number of aliphatic carboxylic acids is 6. The molecule has 0 atom stereocenters. The van der Waals surface area contributed by atoms with E-state index >= 15 is 0 Å². The fraction of sp³-hybridized carbons (Fsp3) is 0.733. The SMILES string of the molecule is CC(C)=O.CC(C)=O.CCCC(=O)[O-].CCCC(=O)[O-].CCCC(=O)[O-].CCCC(=O)[O-].CCCC(=O)[O-].CCCC(=O)[O-].[OH4+2].[Zr+4]. The topological polar surface area (TPSA) is 309 Å². The smallest absolute Gasteiger partial charge is 0.873 e. The molecule has 0 aliphatic heterocycles. The van der Waals surface area contributed by atoms with Crippen molar-refractivity contribution in [2.75, 3.05) is 0 Å². The van der Waals surface area contributed by atoms with Gasteiger partial charge in [0.05, 0.1) is 0 Å². The molecule has 0 saturated carbocycles. The van der Waals surface area contributed by atoms with Gasteiger partial charge in [0.2, 0.25) is 0 Å². The number of Topliss-reactive ketones (excluding diaryl/α,β-unsaturated/α-hetero) is 2. The van der Waals surface area contributed by atoms with Crippen molar-refractivity contribution in [3.8, 4) is 0 Å². The summed E-state index contributed by atoms with van der Waals surface area (Å²) in [6, 6.07) is 0. The van der Waals surface area contributed by atoms with E-state index in [4.69, 9.17) is 0 Å². The molecule has 0 fully saturated rings. The molecule has 0 rings (SSSR count). The zero-order chi connectivity index (χ0) is 37.1. The van der Waals surface area contributed by atoms with Crippen LogP contribution >= 0.6 is 0 Å². The quantitative estimate of drug-likeness (QED) is 0.195. The van der Waals surface area contributed by atoms with E-state index in [2.05, 4.69) is 0 Å². The standard InChI is InChI=1S/6C4H8O2.2C3H6O.H4O.Zr/c6*1-2-3-4(5)6;2*1-3(2)4;;/h6*2-3H2,1H3,(H,5,6);2*1-2H3;1H4;/q;;;;;;;;+2;+4/p-6. The Bertz CT molecular complexity index is 581. The summed E-state index contributed by atoms with van der Waals surface area (Å²) in [5, 5.41) is 56.9. The molecule has 0 amide bonds. The predicted molar refractivity (Wildman–Crippen MR) is 158 cm³/mol. The molecular formula is C30H58O15Zr. The van der Waals surface area contributed by atoms with Crippen molar-refractivity contribution >= 4 is 47.4 Å². The van der Waals surface area contributed by atoms with E-state index < -0.39 is 35.8 Å². The first-order valence-electron chi connectivity index (χ1n) is 14.2. The molecule has 272 valence electrons. The number of hydrogen-bond acceptors (Lipinski definition) is 14. The molecule has 4 N–H and O–H groups in total. The van der Waals surface area contributed by atoms with E-state index in [-0.39, 0.29) is 81.8 Å². The van der Waals surface area contributed by atoms with Gasteiger partial charge in [-0.25, -0.2) is 0 Å². The fourth-order valence-electron chi connectivity index (χ4n) is 1.22. The first-order valence-corrected chi connectivity index (χ1v) is 14.2. The molecular weight excluding hydrogens is 692 g/mol. The van der Waals surface area contributed by atoms with Gasteiger partial charge >= 0.3 is 26.2 Å². The maximum atomic E-state index is 9.49. The minimum absolute atomic E-state index is 0. The average molecular weight is 750 g/mol. The molecule has 0 saturated heterocycles. The van der Waals surface area contributed by atoms with Crippen LogP contribution in [0.5, 0.6) is 0 Å². The molecule has 16 heteroatoms. The van der Waals surface area contributed by atoms with Crippen LogP contribution in [0.3, 0.4) is 0 Å². The van der Waals surface area contributed by atoms with Crippen molar-refractivity contribution in [1.29, 1.82) is 0 Å². The fourth-order valence-corrected chi connectivity index (χ4v) is 1.22. The summed E-state index contributed by atoms with van der Waals surface area (Å²) in [6.45, 7) is 16.9. The summed E-state index contributed by atoms with van der Waals surface area (Å²) < 4.78 is 0. The number of carboxylic acid groups (broad SMARTS) is 6. The predicted octanol–water partition coefficient (Wildman–Crippen LogP) is -2.78. The van der Waals surface area contributed by atoms with Gasteiger partial charge in [0.15, 0.2) is 0 Å². The maximum absolute atomic E-state index is 9.49. The van der Waals surface area contributed by atoms with Crippen LogP contribution in [0.1, 0.15) is 146 Å². The van der Waals surface area contributed by atoms with Crippen LogP contribution in [0.2, 0.25) is 0 Å². The minimum atomic E-state index is -0.961. The second-order valence-corrected chi connectivity index (χ2v) is 8.55. The summed E-state index contributed by atoms with van der Waals surface area (Å²) >= 11 is 0. The Morgan fingerprint density at radius 1 is 0.326 bits per heavy atom. The largest absolute Gasteiger partial charge is 4.00 e. The van der Waals surface area contributed by atoms with E-state index in [9.17, 15) is 69.0 Å². The Kier molecular flexibility index (Phi) is 98.2. The summed E-state index contributed by atoms with van der Waals surface area (Å²) in [5.41, 5.74) is 0. The Balaban J connectivity index is -0.0000000402. The van der Waals surface area contributed by atoms with Gasteiger partial charge < -0.3 is 74.5 Å². The molecule has 0 aromatic carbocycles. The summed E-state index contributed by atoms with van der Waals surface area (Å²) in [6.07, 6.45) is 5.10. The number of hydrogen-bond donors (Lipinski definition) is 0. The van der Waals surface area contributed by atoms with E-state index in [0.717, 1.165) is 0 Å². The molecule has 0 heterocycles. The van der Waals surface area contributed by atoms with Crippen LogP contribution in [0.4, 0.5) is 0 Å². The van der Waals surface area contributed by atoms with Gasteiger partial charge in [-0.15, -0.1) is 0 Å². The molecule has 15 nitrogen and oxygen atoms in total. The van der Waals surface area contributed by atoms with Crippen molar-refractivity contribution < 1.29 is 101 Å². The van der Waals surface area contributed by atoms with E-state index in [1.54, 1.807) is 41.5 Å². The van der Waals surface area contributed by atoms with Crippen molar-refractivity contribution in [2.24, 2.45) is 0 Å². The molecule has 0 unspecified atom stereocenters. The summed E-state index contributed by atoms with van der Waals surface area (Å²) in [7, 11) is 0. The van der Waals surface area contributed by atoms with Gasteiger partial charge in [-0.05, 0) is 66.2 Å². The summed E-state index contributed by atoms with van der Waals surface area (Å²) in [5.74, 6) is -5.43. The second-order valence-electron chi connectivity index (χ2n) is 8.55. The third-order valence-electron chi connectivity index (χ3n) is 2.72. The van der Waals surface area contributed by atoms with Gasteiger partial charge in [0, 0.05) is 35.8 Å². The van der Waals surface area contributed by atoms with Crippen LogP contribution in [0.25, 0.3) is 0 Å². The third-order valence-corrected chi connectivity index (χ3v) is 2.72. The molecule has 0 aliphatic carbocycles. The molecule has 0 radical (unpaired) electrons. The monoisotopic (exact) mass is 748 g/mol. The number of ketones is 2. The van der Waals surface area contributed by atoms with Crippen LogP contribution in [0, 0.1) is 0 Å². The Labute approximate surface area is 293 Å². The average Bonchev–Trinajstić information content (AvgIpc) is 2.80. The molecule has 0 aromatic heterocycles.